The predicted octanol–water partition coefficient (Wildman–Crippen LogP) is 0.924. The van der Waals surface area contributed by atoms with Crippen molar-refractivity contribution in [1.82, 2.24) is 0 Å². The summed E-state index contributed by atoms with van der Waals surface area (Å²) in [6.07, 6.45) is 0. The normalized spacial score (nSPS) is 7.00. The summed E-state index contributed by atoms with van der Waals surface area (Å²) in [6, 6.07) is 0. The Balaban J connectivity index is 0. The van der Waals surface area contributed by atoms with E-state index in [9.17, 15) is 0 Å². The first-order valence-electron chi connectivity index (χ1n) is 1.99. The second-order valence-electron chi connectivity index (χ2n) is 0.781. The molecule has 0 aromatic carbocycles. The van der Waals surface area contributed by atoms with E-state index in [1.165, 1.54) is 0 Å². The molecule has 0 bridgehead atoms. The van der Waals surface area contributed by atoms with Gasteiger partial charge in [-0.05, 0) is 13.8 Å². The summed E-state index contributed by atoms with van der Waals surface area (Å²) >= 11 is 0. The molecule has 2 radical (unpaired) electrons. The maximum Gasteiger partial charge on any atom is 0.0437 e. The lowest BCUT2D eigenvalue weighted by molar-refractivity contribution is 0.162. The lowest BCUT2D eigenvalue weighted by Crippen LogP contribution is -1.84. The Bertz CT molecular complexity index is 13.0. The van der Waals surface area contributed by atoms with Crippen molar-refractivity contribution in [2.45, 2.75) is 13.8 Å². The zero-order valence-corrected chi connectivity index (χ0v) is 4.23. The molecule has 0 aromatic heterocycles. The Kier molecular flexibility index (Phi) is 13.8. The summed E-state index contributed by atoms with van der Waals surface area (Å²) in [5.74, 6) is 0. The van der Waals surface area contributed by atoms with E-state index in [4.69, 9.17) is 4.74 Å². The van der Waals surface area contributed by atoms with Gasteiger partial charge in [0.2, 0.25) is 0 Å². The van der Waals surface area contributed by atoms with Crippen molar-refractivity contribution in [3.05, 3.63) is 0 Å². The molecule has 0 aliphatic rings. The van der Waals surface area contributed by atoms with Gasteiger partial charge in [-0.3, -0.25) is 0 Å². The predicted molar refractivity (Wildman–Crippen MR) is 22.9 cm³/mol. The van der Waals surface area contributed by atoms with Crippen LogP contribution in [0.2, 0.25) is 0 Å². The van der Waals surface area contributed by atoms with E-state index in [2.05, 4.69) is 0 Å². The average molecular weight is 90.1 g/mol. The molecule has 0 heterocycles. The van der Waals surface area contributed by atoms with Gasteiger partial charge in [0.05, 0.1) is 0 Å². The topological polar surface area (TPSA) is 37.7 Å². The Morgan fingerprint density at radius 1 is 1.17 bits per heavy atom. The van der Waals surface area contributed by atoms with Gasteiger partial charge < -0.3 is 4.74 Å². The second-order valence-corrected chi connectivity index (χ2v) is 0.781. The average Bonchev–Trinajstić information content (AvgIpc) is 1.41. The molecule has 0 rings (SSSR count). The van der Waals surface area contributed by atoms with Crippen molar-refractivity contribution in [1.29, 1.82) is 0 Å². The Morgan fingerprint density at radius 3 is 1.50 bits per heavy atom. The first-order chi connectivity index (χ1) is 2.41. The van der Waals surface area contributed by atoms with Crippen molar-refractivity contribution < 1.29 is 10.2 Å². The van der Waals surface area contributed by atoms with Gasteiger partial charge in [-0.2, -0.15) is 0 Å². The van der Waals surface area contributed by atoms with E-state index < -0.39 is 0 Å². The lowest BCUT2D eigenvalue weighted by Gasteiger charge is -1.86. The summed E-state index contributed by atoms with van der Waals surface area (Å²) in [4.78, 5) is 0. The van der Waals surface area contributed by atoms with Gasteiger partial charge in [0.15, 0.2) is 0 Å². The highest BCUT2D eigenvalue weighted by molar-refractivity contribution is 4.07. The third kappa shape index (κ3) is 9.07. The Labute approximate surface area is 38.4 Å². The van der Waals surface area contributed by atoms with Crippen LogP contribution in [0.1, 0.15) is 13.8 Å². The smallest absolute Gasteiger partial charge is 0.0437 e. The summed E-state index contributed by atoms with van der Waals surface area (Å²) in [6.45, 7) is 5.67. The van der Waals surface area contributed by atoms with Crippen molar-refractivity contribution in [3.8, 4) is 0 Å². The Hall–Kier alpha value is -0.0800. The molecule has 0 saturated heterocycles. The van der Waals surface area contributed by atoms with E-state index in [0.717, 1.165) is 13.2 Å². The molecule has 0 aliphatic carbocycles. The molecule has 0 atom stereocenters. The van der Waals surface area contributed by atoms with Crippen LogP contribution < -0.4 is 0 Å². The molecule has 0 fully saturated rings. The molecule has 0 aromatic rings. The number of rotatable bonds is 2. The highest BCUT2D eigenvalue weighted by Crippen LogP contribution is 1.64. The second kappa shape index (κ2) is 8.87. The zero-order valence-electron chi connectivity index (χ0n) is 4.23. The molecular formula is C4H10O2. The fourth-order valence-electron chi connectivity index (χ4n) is 0.204. The van der Waals surface area contributed by atoms with Gasteiger partial charge in [0.25, 0.3) is 0 Å². The first-order valence-corrected chi connectivity index (χ1v) is 1.99. The van der Waals surface area contributed by atoms with Gasteiger partial charge in [-0.15, -0.1) is 0 Å². The minimum absolute atomic E-state index is 0. The monoisotopic (exact) mass is 90.1 g/mol. The molecule has 0 amide bonds. The van der Waals surface area contributed by atoms with Crippen molar-refractivity contribution in [3.63, 3.8) is 0 Å². The fourth-order valence-corrected chi connectivity index (χ4v) is 0.204. The van der Waals surface area contributed by atoms with E-state index in [1.807, 2.05) is 13.8 Å². The molecule has 2 heteroatoms. The zero-order chi connectivity index (χ0) is 4.12. The van der Waals surface area contributed by atoms with Gasteiger partial charge in [0, 0.05) is 18.7 Å². The molecule has 0 aliphatic heterocycles. The third-order valence-corrected chi connectivity index (χ3v) is 0.408. The molecule has 6 heavy (non-hydrogen) atoms. The van der Waals surface area contributed by atoms with E-state index in [-0.39, 0.29) is 5.48 Å². The standard InChI is InChI=1S/C4H10O.O/c1-3-5-4-2;/h3-4H2,1-2H3;. The summed E-state index contributed by atoms with van der Waals surface area (Å²) in [7, 11) is 0. The minimum Gasteiger partial charge on any atom is -0.382 e. The molecular weight excluding hydrogens is 80.0 g/mol. The first kappa shape index (κ1) is 9.33. The van der Waals surface area contributed by atoms with Crippen LogP contribution in [0, 0.1) is 0 Å². The highest BCUT2D eigenvalue weighted by Gasteiger charge is 1.64. The van der Waals surface area contributed by atoms with Crippen LogP contribution in [0.25, 0.3) is 0 Å². The quantitative estimate of drug-likeness (QED) is 0.497. The van der Waals surface area contributed by atoms with Gasteiger partial charge in [-0.1, -0.05) is 0 Å². The number of hydrogen-bond acceptors (Lipinski definition) is 1. The summed E-state index contributed by atoms with van der Waals surface area (Å²) < 4.78 is 4.83. The lowest BCUT2D eigenvalue weighted by atomic mass is 10.8. The van der Waals surface area contributed by atoms with E-state index >= 15 is 0 Å². The van der Waals surface area contributed by atoms with Crippen LogP contribution in [0.5, 0.6) is 0 Å². The van der Waals surface area contributed by atoms with Gasteiger partial charge >= 0.3 is 0 Å². The molecule has 0 unspecified atom stereocenters. The molecule has 38 valence electrons. The maximum atomic E-state index is 4.83. The number of hydrogen-bond donors (Lipinski definition) is 0. The molecule has 2 nitrogen and oxygen atoms in total. The SMILES string of the molecule is CCOCC.[O]. The fraction of sp³-hybridized carbons (Fsp3) is 1.00. The molecule has 0 spiro atoms. The Morgan fingerprint density at radius 2 is 1.50 bits per heavy atom. The van der Waals surface area contributed by atoms with Crippen molar-refractivity contribution in [2.75, 3.05) is 13.2 Å². The van der Waals surface area contributed by atoms with E-state index in [1.54, 1.807) is 0 Å². The van der Waals surface area contributed by atoms with Crippen LogP contribution in [-0.2, 0) is 10.2 Å². The van der Waals surface area contributed by atoms with Crippen LogP contribution in [0.4, 0.5) is 0 Å². The van der Waals surface area contributed by atoms with Crippen LogP contribution in [-0.4, -0.2) is 13.2 Å². The van der Waals surface area contributed by atoms with Crippen molar-refractivity contribution >= 4 is 0 Å². The maximum absolute atomic E-state index is 4.83. The van der Waals surface area contributed by atoms with Gasteiger partial charge in [-0.25, -0.2) is 0 Å². The van der Waals surface area contributed by atoms with Crippen molar-refractivity contribution in [2.24, 2.45) is 0 Å². The van der Waals surface area contributed by atoms with Gasteiger partial charge in [0.1, 0.15) is 0 Å². The largest absolute Gasteiger partial charge is 0.382 e. The third-order valence-electron chi connectivity index (χ3n) is 0.408. The molecule has 0 saturated carbocycles. The van der Waals surface area contributed by atoms with Crippen LogP contribution >= 0.6 is 0 Å². The minimum atomic E-state index is 0. The van der Waals surface area contributed by atoms with Crippen LogP contribution in [0.15, 0.2) is 0 Å². The highest BCUT2D eigenvalue weighted by atomic mass is 16.5. The summed E-state index contributed by atoms with van der Waals surface area (Å²) in [5.41, 5.74) is 0. The number of ether oxygens (including phenoxy) is 1. The van der Waals surface area contributed by atoms with E-state index in [0.29, 0.717) is 0 Å². The summed E-state index contributed by atoms with van der Waals surface area (Å²) in [5, 5.41) is 0. The van der Waals surface area contributed by atoms with Crippen LogP contribution in [0.3, 0.4) is 0 Å². The molecule has 0 N–H and O–H groups in total.